The highest BCUT2D eigenvalue weighted by molar-refractivity contribution is 14.0. The van der Waals surface area contributed by atoms with Crippen LogP contribution in [0.5, 0.6) is 0 Å². The molecule has 7 nitrogen and oxygen atoms in total. The molecule has 1 atom stereocenters. The highest BCUT2D eigenvalue weighted by Gasteiger charge is 2.21. The summed E-state index contributed by atoms with van der Waals surface area (Å²) in [5, 5.41) is 12.8. The topological polar surface area (TPSA) is 81.2 Å². The largest absolute Gasteiger partial charge is 0.392 e. The smallest absolute Gasteiger partial charge is 0.191 e. The second-order valence-corrected chi connectivity index (χ2v) is 8.28. The van der Waals surface area contributed by atoms with Crippen molar-refractivity contribution in [3.8, 4) is 0 Å². The summed E-state index contributed by atoms with van der Waals surface area (Å²) in [4.78, 5) is 15.8. The Hall–Kier alpha value is -1.43. The fraction of sp³-hybridized carbons (Fsp3) is 0.500. The molecule has 0 aliphatic carbocycles. The maximum Gasteiger partial charge on any atom is 0.191 e. The van der Waals surface area contributed by atoms with Gasteiger partial charge in [0, 0.05) is 57.4 Å². The number of aliphatic imine (C=N–C) groups is 1. The first-order valence-corrected chi connectivity index (χ1v) is 10.7. The molecule has 1 unspecified atom stereocenters. The first-order chi connectivity index (χ1) is 13.7. The Morgan fingerprint density at radius 1 is 1.17 bits per heavy atom. The van der Waals surface area contributed by atoms with Crippen LogP contribution in [0.2, 0.25) is 0 Å². The number of rotatable bonds is 5. The van der Waals surface area contributed by atoms with E-state index < -0.39 is 0 Å². The summed E-state index contributed by atoms with van der Waals surface area (Å²) in [7, 11) is 0. The van der Waals surface area contributed by atoms with Gasteiger partial charge in [-0.25, -0.2) is 9.98 Å². The molecule has 1 aromatic heterocycles. The summed E-state index contributed by atoms with van der Waals surface area (Å²) in [5.41, 5.74) is 8.76. The van der Waals surface area contributed by atoms with E-state index in [2.05, 4.69) is 48.9 Å². The zero-order valence-electron chi connectivity index (χ0n) is 16.5. The molecule has 4 rings (SSSR count). The van der Waals surface area contributed by atoms with E-state index in [4.69, 9.17) is 5.73 Å². The Balaban J connectivity index is 0.00000240. The summed E-state index contributed by atoms with van der Waals surface area (Å²) in [6.45, 7) is 6.70. The van der Waals surface area contributed by atoms with Crippen LogP contribution < -0.4 is 10.6 Å². The normalized spacial score (nSPS) is 20.7. The van der Waals surface area contributed by atoms with Crippen molar-refractivity contribution in [2.75, 3.05) is 44.2 Å². The Kier molecular flexibility index (Phi) is 8.10. The number of hydrogen-bond acceptors (Lipinski definition) is 6. The maximum atomic E-state index is 9.75. The number of aliphatic hydroxyl groups excluding tert-OH is 1. The number of anilines is 1. The predicted molar refractivity (Wildman–Crippen MR) is 129 cm³/mol. The summed E-state index contributed by atoms with van der Waals surface area (Å²) < 4.78 is 0. The van der Waals surface area contributed by atoms with Gasteiger partial charge in [0.2, 0.25) is 0 Å². The van der Waals surface area contributed by atoms with Crippen LogP contribution in [-0.4, -0.2) is 71.2 Å². The molecule has 0 radical (unpaired) electrons. The predicted octanol–water partition coefficient (Wildman–Crippen LogP) is 1.96. The average molecular weight is 528 g/mol. The lowest BCUT2D eigenvalue weighted by Crippen LogP contribution is -2.51. The number of piperazine rings is 1. The molecule has 2 aromatic rings. The highest BCUT2D eigenvalue weighted by atomic mass is 127. The number of aliphatic hydroxyl groups is 1. The minimum atomic E-state index is -0.191. The minimum absolute atomic E-state index is 0. The van der Waals surface area contributed by atoms with Crippen LogP contribution in [-0.2, 0) is 13.1 Å². The number of aromatic nitrogens is 1. The van der Waals surface area contributed by atoms with Gasteiger partial charge in [-0.15, -0.1) is 35.3 Å². The van der Waals surface area contributed by atoms with Crippen LogP contribution in [0.25, 0.3) is 0 Å². The van der Waals surface area contributed by atoms with Crippen LogP contribution in [0.3, 0.4) is 0 Å². The molecule has 2 aliphatic heterocycles. The van der Waals surface area contributed by atoms with Gasteiger partial charge in [-0.3, -0.25) is 4.90 Å². The number of β-amino-alcohol motifs (C(OH)–C–C–N with tert-alkyl or cyclic N) is 1. The molecule has 3 N–H and O–H groups in total. The number of hydrogen-bond donors (Lipinski definition) is 2. The van der Waals surface area contributed by atoms with Gasteiger partial charge in [-0.2, -0.15) is 0 Å². The van der Waals surface area contributed by atoms with Crippen molar-refractivity contribution in [3.63, 3.8) is 0 Å². The SMILES string of the molecule is I.NC(=NCc1ccccc1CN1CCC(O)C1)N1CCN(c2nccs2)CC1. The fourth-order valence-corrected chi connectivity index (χ4v) is 4.52. The van der Waals surface area contributed by atoms with Gasteiger partial charge in [0.1, 0.15) is 0 Å². The second-order valence-electron chi connectivity index (χ2n) is 7.41. The van der Waals surface area contributed by atoms with E-state index in [0.717, 1.165) is 57.4 Å². The molecule has 2 fully saturated rings. The van der Waals surface area contributed by atoms with Crippen LogP contribution in [0.4, 0.5) is 5.13 Å². The van der Waals surface area contributed by atoms with Crippen LogP contribution in [0.15, 0.2) is 40.8 Å². The minimum Gasteiger partial charge on any atom is -0.392 e. The molecular formula is C20H29IN6OS. The summed E-state index contributed by atoms with van der Waals surface area (Å²) in [6.07, 6.45) is 2.52. The van der Waals surface area contributed by atoms with E-state index in [9.17, 15) is 5.11 Å². The number of likely N-dealkylation sites (tertiary alicyclic amines) is 1. The third-order valence-electron chi connectivity index (χ3n) is 5.46. The molecular weight excluding hydrogens is 499 g/mol. The number of guanidine groups is 1. The summed E-state index contributed by atoms with van der Waals surface area (Å²) in [6, 6.07) is 8.39. The highest BCUT2D eigenvalue weighted by Crippen LogP contribution is 2.19. The monoisotopic (exact) mass is 528 g/mol. The van der Waals surface area contributed by atoms with Gasteiger partial charge in [0.15, 0.2) is 11.1 Å². The summed E-state index contributed by atoms with van der Waals surface area (Å²) >= 11 is 1.68. The second kappa shape index (κ2) is 10.6. The van der Waals surface area contributed by atoms with Gasteiger partial charge in [0.25, 0.3) is 0 Å². The standard InChI is InChI=1S/C20H28N6OS.HI/c21-19(25-8-10-26(11-9-25)20-22-6-12-28-20)23-13-16-3-1-2-4-17(16)14-24-7-5-18(27)15-24;/h1-4,6,12,18,27H,5,7-11,13-15H2,(H2,21,23);1H. The van der Waals surface area contributed by atoms with Gasteiger partial charge in [-0.05, 0) is 17.5 Å². The molecule has 1 aromatic carbocycles. The Bertz CT molecular complexity index is 794. The first-order valence-electron chi connectivity index (χ1n) is 9.85. The number of thiazole rings is 1. The van der Waals surface area contributed by atoms with E-state index in [1.165, 1.54) is 11.1 Å². The molecule has 0 spiro atoms. The van der Waals surface area contributed by atoms with Crippen molar-refractivity contribution in [2.45, 2.75) is 25.6 Å². The zero-order chi connectivity index (χ0) is 19.3. The van der Waals surface area contributed by atoms with Crippen molar-refractivity contribution >= 4 is 46.4 Å². The van der Waals surface area contributed by atoms with E-state index in [-0.39, 0.29) is 30.1 Å². The zero-order valence-corrected chi connectivity index (χ0v) is 19.6. The molecule has 2 saturated heterocycles. The molecule has 0 saturated carbocycles. The number of halogens is 1. The van der Waals surface area contributed by atoms with Crippen molar-refractivity contribution < 1.29 is 5.11 Å². The first kappa shape index (κ1) is 22.3. The van der Waals surface area contributed by atoms with Crippen molar-refractivity contribution in [2.24, 2.45) is 10.7 Å². The molecule has 2 aliphatic rings. The third kappa shape index (κ3) is 5.80. The van der Waals surface area contributed by atoms with Gasteiger partial charge < -0.3 is 20.6 Å². The lowest BCUT2D eigenvalue weighted by molar-refractivity contribution is 0.174. The molecule has 158 valence electrons. The Morgan fingerprint density at radius 2 is 1.93 bits per heavy atom. The van der Waals surface area contributed by atoms with Crippen LogP contribution in [0, 0.1) is 0 Å². The third-order valence-corrected chi connectivity index (χ3v) is 6.30. The maximum absolute atomic E-state index is 9.75. The average Bonchev–Trinajstić information content (AvgIpc) is 3.39. The molecule has 0 bridgehead atoms. The van der Waals surface area contributed by atoms with E-state index in [1.54, 1.807) is 11.3 Å². The Morgan fingerprint density at radius 3 is 2.59 bits per heavy atom. The van der Waals surface area contributed by atoms with E-state index in [1.807, 2.05) is 11.6 Å². The quantitative estimate of drug-likeness (QED) is 0.351. The van der Waals surface area contributed by atoms with Gasteiger partial charge in [0.05, 0.1) is 12.6 Å². The van der Waals surface area contributed by atoms with Gasteiger partial charge >= 0.3 is 0 Å². The van der Waals surface area contributed by atoms with E-state index in [0.29, 0.717) is 12.5 Å². The van der Waals surface area contributed by atoms with E-state index >= 15 is 0 Å². The lowest BCUT2D eigenvalue weighted by atomic mass is 10.1. The van der Waals surface area contributed by atoms with Crippen molar-refractivity contribution in [3.05, 3.63) is 47.0 Å². The number of nitrogens with zero attached hydrogens (tertiary/aromatic N) is 5. The summed E-state index contributed by atoms with van der Waals surface area (Å²) in [5.74, 6) is 0.616. The number of nitrogens with two attached hydrogens (primary N) is 1. The van der Waals surface area contributed by atoms with Crippen LogP contribution >= 0.6 is 35.3 Å². The lowest BCUT2D eigenvalue weighted by Gasteiger charge is -2.35. The van der Waals surface area contributed by atoms with Crippen molar-refractivity contribution in [1.29, 1.82) is 0 Å². The molecule has 0 amide bonds. The van der Waals surface area contributed by atoms with Crippen LogP contribution in [0.1, 0.15) is 17.5 Å². The molecule has 9 heteroatoms. The molecule has 29 heavy (non-hydrogen) atoms. The Labute approximate surface area is 193 Å². The van der Waals surface area contributed by atoms with Crippen molar-refractivity contribution in [1.82, 2.24) is 14.8 Å². The molecule has 3 heterocycles. The van der Waals surface area contributed by atoms with Gasteiger partial charge in [-0.1, -0.05) is 24.3 Å². The number of benzene rings is 1. The fourth-order valence-electron chi connectivity index (χ4n) is 3.83.